The number of likely N-dealkylation sites (N-methyl/N-ethyl adjacent to an activating group) is 1. The number of carbonyl (C=O) groups is 1. The molecule has 0 bridgehead atoms. The van der Waals surface area contributed by atoms with Crippen LogP contribution >= 0.6 is 0 Å². The van der Waals surface area contributed by atoms with Gasteiger partial charge >= 0.3 is 0 Å². The lowest BCUT2D eigenvalue weighted by Crippen LogP contribution is -2.40. The van der Waals surface area contributed by atoms with Gasteiger partial charge in [-0.15, -0.1) is 0 Å². The Bertz CT molecular complexity index is 568. The number of nitrogens with two attached hydrogens (primary N) is 1. The topological polar surface area (TPSA) is 83.7 Å². The van der Waals surface area contributed by atoms with Crippen LogP contribution in [0.5, 0.6) is 0 Å². The molecule has 0 unspecified atom stereocenters. The van der Waals surface area contributed by atoms with Gasteiger partial charge in [0.05, 0.1) is 11.4 Å². The molecule has 1 amide bonds. The molecule has 0 atom stereocenters. The molecule has 0 aliphatic rings. The summed E-state index contributed by atoms with van der Waals surface area (Å²) in [6, 6.07) is 6.43. The van der Waals surface area contributed by atoms with Gasteiger partial charge in [0.1, 0.15) is 0 Å². The zero-order valence-electron chi connectivity index (χ0n) is 12.7. The maximum Gasteiger partial charge on any atom is 0.243 e. The predicted molar refractivity (Wildman–Crippen MR) is 82.1 cm³/mol. The van der Waals surface area contributed by atoms with E-state index in [1.807, 2.05) is 6.92 Å². The van der Waals surface area contributed by atoms with Crippen molar-refractivity contribution in [3.8, 4) is 0 Å². The summed E-state index contributed by atoms with van der Waals surface area (Å²) in [7, 11) is -0.459. The number of hydrogen-bond donors (Lipinski definition) is 1. The van der Waals surface area contributed by atoms with Crippen LogP contribution in [0.25, 0.3) is 0 Å². The van der Waals surface area contributed by atoms with Crippen LogP contribution in [0.2, 0.25) is 0 Å². The zero-order valence-corrected chi connectivity index (χ0v) is 13.6. The van der Waals surface area contributed by atoms with E-state index in [1.54, 1.807) is 26.2 Å². The van der Waals surface area contributed by atoms with Crippen molar-refractivity contribution in [3.05, 3.63) is 29.8 Å². The first-order valence-electron chi connectivity index (χ1n) is 6.82. The second kappa shape index (κ2) is 7.53. The number of amides is 1. The van der Waals surface area contributed by atoms with Crippen molar-refractivity contribution in [1.82, 2.24) is 9.21 Å². The fraction of sp³-hybridized carbons (Fsp3) is 0.500. The second-order valence-corrected chi connectivity index (χ2v) is 6.91. The van der Waals surface area contributed by atoms with E-state index in [0.717, 1.165) is 5.56 Å². The first kappa shape index (κ1) is 17.6. The highest BCUT2D eigenvalue weighted by Crippen LogP contribution is 2.17. The molecule has 1 aromatic rings. The Morgan fingerprint density at radius 1 is 1.19 bits per heavy atom. The van der Waals surface area contributed by atoms with Gasteiger partial charge in [-0.3, -0.25) is 4.79 Å². The van der Waals surface area contributed by atoms with E-state index in [1.165, 1.54) is 21.3 Å². The van der Waals surface area contributed by atoms with Crippen molar-refractivity contribution in [2.24, 2.45) is 5.73 Å². The van der Waals surface area contributed by atoms with E-state index in [2.05, 4.69) is 0 Å². The van der Waals surface area contributed by atoms with E-state index >= 15 is 0 Å². The summed E-state index contributed by atoms with van der Waals surface area (Å²) in [5.41, 5.74) is 6.37. The quantitative estimate of drug-likeness (QED) is 0.800. The molecule has 0 spiro atoms. The summed E-state index contributed by atoms with van der Waals surface area (Å²) in [6.07, 6.45) is 0.640. The van der Waals surface area contributed by atoms with Crippen LogP contribution < -0.4 is 5.73 Å². The lowest BCUT2D eigenvalue weighted by Gasteiger charge is -2.23. The molecule has 0 radical (unpaired) electrons. The van der Waals surface area contributed by atoms with E-state index in [0.29, 0.717) is 19.5 Å². The largest absolute Gasteiger partial charge is 0.348 e. The molecule has 0 heterocycles. The van der Waals surface area contributed by atoms with Gasteiger partial charge in [0.2, 0.25) is 15.9 Å². The van der Waals surface area contributed by atoms with Crippen molar-refractivity contribution in [1.29, 1.82) is 0 Å². The van der Waals surface area contributed by atoms with Gasteiger partial charge in [-0.25, -0.2) is 8.42 Å². The number of carbonyl (C=O) groups excluding carboxylic acids is 1. The summed E-state index contributed by atoms with van der Waals surface area (Å²) in [5.74, 6) is -0.245. The van der Waals surface area contributed by atoms with Gasteiger partial charge in [-0.1, -0.05) is 19.1 Å². The van der Waals surface area contributed by atoms with Crippen LogP contribution in [0.1, 0.15) is 18.9 Å². The highest BCUT2D eigenvalue weighted by Gasteiger charge is 2.26. The second-order valence-electron chi connectivity index (χ2n) is 4.97. The van der Waals surface area contributed by atoms with Crippen molar-refractivity contribution in [3.63, 3.8) is 0 Å². The van der Waals surface area contributed by atoms with Gasteiger partial charge in [0, 0.05) is 27.2 Å². The monoisotopic (exact) mass is 313 g/mol. The molecule has 0 saturated carbocycles. The number of rotatable bonds is 7. The number of sulfonamides is 1. The number of benzene rings is 1. The van der Waals surface area contributed by atoms with Crippen LogP contribution in [0, 0.1) is 0 Å². The van der Waals surface area contributed by atoms with Gasteiger partial charge in [-0.2, -0.15) is 4.31 Å². The van der Waals surface area contributed by atoms with Gasteiger partial charge in [0.25, 0.3) is 0 Å². The molecule has 6 nitrogen and oxygen atoms in total. The molecule has 0 aromatic heterocycles. The Labute approximate surface area is 126 Å². The first-order chi connectivity index (χ1) is 9.82. The summed E-state index contributed by atoms with van der Waals surface area (Å²) in [5, 5.41) is 0. The molecule has 0 aliphatic carbocycles. The fourth-order valence-corrected chi connectivity index (χ4v) is 3.25. The Hall–Kier alpha value is -1.44. The van der Waals surface area contributed by atoms with Gasteiger partial charge < -0.3 is 10.6 Å². The zero-order chi connectivity index (χ0) is 16.0. The summed E-state index contributed by atoms with van der Waals surface area (Å²) in [4.78, 5) is 13.4. The Balaban J connectivity index is 3.05. The average Bonchev–Trinajstić information content (AvgIpc) is 2.46. The maximum absolute atomic E-state index is 12.6. The number of nitrogens with zero attached hydrogens (tertiary/aromatic N) is 2. The van der Waals surface area contributed by atoms with Crippen LogP contribution in [0.15, 0.2) is 29.2 Å². The molecule has 0 fully saturated rings. The molecule has 0 saturated heterocycles. The van der Waals surface area contributed by atoms with E-state index in [-0.39, 0.29) is 17.3 Å². The molecule has 2 N–H and O–H groups in total. The predicted octanol–water partition coefficient (Wildman–Crippen LogP) is 0.634. The highest BCUT2D eigenvalue weighted by atomic mass is 32.2. The van der Waals surface area contributed by atoms with Crippen molar-refractivity contribution < 1.29 is 13.2 Å². The third-order valence-corrected chi connectivity index (χ3v) is 4.94. The fourth-order valence-electron chi connectivity index (χ4n) is 1.77. The van der Waals surface area contributed by atoms with Crippen LogP contribution in [-0.4, -0.2) is 50.7 Å². The molecule has 1 rings (SSSR count). The van der Waals surface area contributed by atoms with Crippen LogP contribution in [0.4, 0.5) is 0 Å². The minimum Gasteiger partial charge on any atom is -0.348 e. The van der Waals surface area contributed by atoms with Crippen LogP contribution in [-0.2, 0) is 21.4 Å². The first-order valence-corrected chi connectivity index (χ1v) is 8.26. The normalized spacial score (nSPS) is 11.7. The Morgan fingerprint density at radius 3 is 2.19 bits per heavy atom. The smallest absolute Gasteiger partial charge is 0.243 e. The third kappa shape index (κ3) is 4.52. The molecule has 0 aliphatic heterocycles. The lowest BCUT2D eigenvalue weighted by molar-refractivity contribution is -0.128. The SMILES string of the molecule is CCCN(CC(=O)N(C)C)S(=O)(=O)c1ccc(CN)cc1. The van der Waals surface area contributed by atoms with Crippen molar-refractivity contribution >= 4 is 15.9 Å². The standard InChI is InChI=1S/C14H23N3O3S/c1-4-9-17(11-14(18)16(2)3)21(19,20)13-7-5-12(10-15)6-8-13/h5-8H,4,9-11,15H2,1-3H3. The molecule has 1 aromatic carbocycles. The molecule has 7 heteroatoms. The van der Waals surface area contributed by atoms with E-state index < -0.39 is 10.0 Å². The number of hydrogen-bond acceptors (Lipinski definition) is 4. The van der Waals surface area contributed by atoms with Crippen molar-refractivity contribution in [2.75, 3.05) is 27.2 Å². The van der Waals surface area contributed by atoms with Gasteiger partial charge in [0.15, 0.2) is 0 Å². The maximum atomic E-state index is 12.6. The van der Waals surface area contributed by atoms with E-state index in [4.69, 9.17) is 5.73 Å². The Morgan fingerprint density at radius 2 is 1.76 bits per heavy atom. The van der Waals surface area contributed by atoms with Crippen molar-refractivity contribution in [2.45, 2.75) is 24.8 Å². The highest BCUT2D eigenvalue weighted by molar-refractivity contribution is 7.89. The summed E-state index contributed by atoms with van der Waals surface area (Å²) < 4.78 is 26.4. The average molecular weight is 313 g/mol. The third-order valence-electron chi connectivity index (χ3n) is 3.08. The molecular weight excluding hydrogens is 290 g/mol. The minimum absolute atomic E-state index is 0.151. The van der Waals surface area contributed by atoms with Crippen LogP contribution in [0.3, 0.4) is 0 Å². The molecular formula is C14H23N3O3S. The summed E-state index contributed by atoms with van der Waals surface area (Å²) >= 11 is 0. The van der Waals surface area contributed by atoms with E-state index in [9.17, 15) is 13.2 Å². The van der Waals surface area contributed by atoms with Gasteiger partial charge in [-0.05, 0) is 24.1 Å². The molecule has 21 heavy (non-hydrogen) atoms. The lowest BCUT2D eigenvalue weighted by atomic mass is 10.2. The molecule has 118 valence electrons. The summed E-state index contributed by atoms with van der Waals surface area (Å²) in [6.45, 7) is 2.39. The minimum atomic E-state index is -3.67. The Kier molecular flexibility index (Phi) is 6.32.